The zero-order valence-corrected chi connectivity index (χ0v) is 15.9. The summed E-state index contributed by atoms with van der Waals surface area (Å²) in [4.78, 5) is 3.79. The molecule has 1 unspecified atom stereocenters. The number of aromatic nitrogens is 3. The molecule has 0 amide bonds. The minimum atomic E-state index is -2.75. The molecule has 2 aliphatic rings. The van der Waals surface area contributed by atoms with Crippen molar-refractivity contribution in [3.05, 3.63) is 23.0 Å². The molecular weight excluding hydrogens is 368 g/mol. The van der Waals surface area contributed by atoms with Crippen LogP contribution < -0.4 is 5.73 Å². The minimum Gasteiger partial charge on any atom is -0.391 e. The van der Waals surface area contributed by atoms with E-state index in [2.05, 4.69) is 10.1 Å². The van der Waals surface area contributed by atoms with Gasteiger partial charge >= 0.3 is 0 Å². The molecule has 7 nitrogen and oxygen atoms in total. The van der Waals surface area contributed by atoms with Crippen LogP contribution in [-0.2, 0) is 10.2 Å². The molecule has 1 saturated heterocycles. The fourth-order valence-electron chi connectivity index (χ4n) is 3.99. The summed E-state index contributed by atoms with van der Waals surface area (Å²) in [5, 5.41) is 22.3. The van der Waals surface area contributed by atoms with Crippen LogP contribution in [-0.4, -0.2) is 39.0 Å². The Morgan fingerprint density at radius 2 is 2.21 bits per heavy atom. The van der Waals surface area contributed by atoms with Crippen molar-refractivity contribution in [2.45, 2.75) is 63.4 Å². The minimum absolute atomic E-state index is 0.00892. The Balaban J connectivity index is 0.000000271. The van der Waals surface area contributed by atoms with Crippen molar-refractivity contribution >= 4 is 11.5 Å². The zero-order valence-electron chi connectivity index (χ0n) is 15.9. The van der Waals surface area contributed by atoms with E-state index in [1.54, 1.807) is 0 Å². The normalized spacial score (nSPS) is 20.9. The number of aliphatic hydroxyl groups is 1. The molecule has 152 valence electrons. The third-order valence-electron chi connectivity index (χ3n) is 5.70. The standard InChI is InChI=1S/C14H15F2N5.C5H10O2/c1-2-14(4-3-5-14)11-8(6-17)10(12(15)16)9-7-19-13(18)20-21(9)11;6-5-2-1-3-7-4-5/h7,12H,2-5H2,1H3,(H2,18,20);5-6H,1-4H2. The van der Waals surface area contributed by atoms with E-state index >= 15 is 0 Å². The van der Waals surface area contributed by atoms with E-state index in [1.807, 2.05) is 13.0 Å². The van der Waals surface area contributed by atoms with Crippen LogP contribution in [0, 0.1) is 11.3 Å². The van der Waals surface area contributed by atoms with Crippen LogP contribution in [0.5, 0.6) is 0 Å². The summed E-state index contributed by atoms with van der Waals surface area (Å²) in [6.07, 6.45) is 3.82. The highest BCUT2D eigenvalue weighted by Crippen LogP contribution is 2.49. The molecule has 0 radical (unpaired) electrons. The predicted molar refractivity (Wildman–Crippen MR) is 99.0 cm³/mol. The average Bonchev–Trinajstić information content (AvgIpc) is 2.97. The molecule has 0 bridgehead atoms. The summed E-state index contributed by atoms with van der Waals surface area (Å²) in [5.41, 5.74) is 5.83. The van der Waals surface area contributed by atoms with Crippen molar-refractivity contribution < 1.29 is 18.6 Å². The highest BCUT2D eigenvalue weighted by molar-refractivity contribution is 5.66. The fourth-order valence-corrected chi connectivity index (χ4v) is 3.99. The summed E-state index contributed by atoms with van der Waals surface area (Å²) in [6.45, 7) is 3.38. The van der Waals surface area contributed by atoms with E-state index in [1.165, 1.54) is 10.7 Å². The zero-order chi connectivity index (χ0) is 20.3. The second-order valence-electron chi connectivity index (χ2n) is 7.32. The molecule has 1 aliphatic heterocycles. The Morgan fingerprint density at radius 3 is 2.64 bits per heavy atom. The molecule has 3 heterocycles. The second-order valence-corrected chi connectivity index (χ2v) is 7.32. The number of rotatable bonds is 3. The Bertz CT molecular complexity index is 862. The first kappa shape index (κ1) is 20.4. The van der Waals surface area contributed by atoms with E-state index in [0.29, 0.717) is 12.3 Å². The van der Waals surface area contributed by atoms with Gasteiger partial charge in [0.2, 0.25) is 5.95 Å². The largest absolute Gasteiger partial charge is 0.391 e. The number of anilines is 1. The maximum atomic E-state index is 13.4. The Morgan fingerprint density at radius 1 is 1.46 bits per heavy atom. The van der Waals surface area contributed by atoms with Gasteiger partial charge in [-0.1, -0.05) is 13.3 Å². The van der Waals surface area contributed by atoms with Gasteiger partial charge in [0.05, 0.1) is 41.2 Å². The molecule has 2 fully saturated rings. The number of alkyl halides is 2. The summed E-state index contributed by atoms with van der Waals surface area (Å²) < 4.78 is 33.2. The Kier molecular flexibility index (Phi) is 6.10. The molecule has 4 rings (SSSR count). The van der Waals surface area contributed by atoms with Gasteiger partial charge in [0.25, 0.3) is 6.43 Å². The third kappa shape index (κ3) is 3.66. The number of nitrogens with zero attached hydrogens (tertiary/aromatic N) is 4. The van der Waals surface area contributed by atoms with Crippen LogP contribution in [0.15, 0.2) is 6.20 Å². The smallest absolute Gasteiger partial charge is 0.267 e. The Hall–Kier alpha value is -2.31. The average molecular weight is 393 g/mol. The molecular formula is C19H25F2N5O2. The number of ether oxygens (including phenoxy) is 1. The molecule has 1 saturated carbocycles. The molecule has 0 spiro atoms. The molecule has 1 aliphatic carbocycles. The van der Waals surface area contributed by atoms with Gasteiger partial charge in [0.1, 0.15) is 6.07 Å². The van der Waals surface area contributed by atoms with Gasteiger partial charge in [-0.3, -0.25) is 0 Å². The van der Waals surface area contributed by atoms with Gasteiger partial charge in [-0.25, -0.2) is 18.3 Å². The number of halogens is 2. The topological polar surface area (TPSA) is 109 Å². The van der Waals surface area contributed by atoms with Gasteiger partial charge < -0.3 is 15.6 Å². The van der Waals surface area contributed by atoms with Crippen LogP contribution in [0.4, 0.5) is 14.7 Å². The lowest BCUT2D eigenvalue weighted by Crippen LogP contribution is -2.36. The van der Waals surface area contributed by atoms with E-state index < -0.39 is 6.43 Å². The maximum absolute atomic E-state index is 13.4. The lowest BCUT2D eigenvalue weighted by atomic mass is 9.64. The van der Waals surface area contributed by atoms with Crippen LogP contribution >= 0.6 is 0 Å². The van der Waals surface area contributed by atoms with Gasteiger partial charge in [-0.15, -0.1) is 5.10 Å². The number of nitrogens with two attached hydrogens (primary N) is 1. The van der Waals surface area contributed by atoms with Crippen LogP contribution in [0.1, 0.15) is 68.7 Å². The first-order chi connectivity index (χ1) is 13.4. The molecule has 9 heteroatoms. The van der Waals surface area contributed by atoms with Gasteiger partial charge in [-0.05, 0) is 32.1 Å². The van der Waals surface area contributed by atoms with Crippen molar-refractivity contribution in [3.8, 4) is 6.07 Å². The van der Waals surface area contributed by atoms with Crippen molar-refractivity contribution in [1.82, 2.24) is 14.6 Å². The monoisotopic (exact) mass is 393 g/mol. The summed E-state index contributed by atoms with van der Waals surface area (Å²) in [6, 6.07) is 1.95. The first-order valence-electron chi connectivity index (χ1n) is 9.55. The Labute approximate surface area is 162 Å². The number of nitriles is 1. The fraction of sp³-hybridized carbons (Fsp3) is 0.632. The summed E-state index contributed by atoms with van der Waals surface area (Å²) >= 11 is 0. The van der Waals surface area contributed by atoms with Crippen molar-refractivity contribution in [1.29, 1.82) is 5.26 Å². The molecule has 28 heavy (non-hydrogen) atoms. The second kappa shape index (κ2) is 8.37. The molecule has 1 atom stereocenters. The number of hydrogen-bond donors (Lipinski definition) is 2. The van der Waals surface area contributed by atoms with Crippen LogP contribution in [0.25, 0.3) is 5.52 Å². The van der Waals surface area contributed by atoms with E-state index in [4.69, 9.17) is 15.6 Å². The molecule has 3 N–H and O–H groups in total. The first-order valence-corrected chi connectivity index (χ1v) is 9.55. The summed E-state index contributed by atoms with van der Waals surface area (Å²) in [7, 11) is 0. The van der Waals surface area contributed by atoms with E-state index in [0.717, 1.165) is 45.1 Å². The van der Waals surface area contributed by atoms with Gasteiger partial charge in [0.15, 0.2) is 0 Å². The van der Waals surface area contributed by atoms with Crippen LogP contribution in [0.3, 0.4) is 0 Å². The van der Waals surface area contributed by atoms with Crippen molar-refractivity contribution in [2.24, 2.45) is 0 Å². The molecule has 0 aromatic carbocycles. The van der Waals surface area contributed by atoms with Crippen molar-refractivity contribution in [3.63, 3.8) is 0 Å². The SMILES string of the molecule is CCC1(c2c(C#N)c(C(F)F)c3cnc(N)nn23)CCC1.OC1CCCOC1. The summed E-state index contributed by atoms with van der Waals surface area (Å²) in [5.74, 6) is 0.00892. The van der Waals surface area contributed by atoms with E-state index in [9.17, 15) is 14.0 Å². The highest BCUT2D eigenvalue weighted by atomic mass is 19.3. The lowest BCUT2D eigenvalue weighted by molar-refractivity contribution is -0.00535. The highest BCUT2D eigenvalue weighted by Gasteiger charge is 2.43. The predicted octanol–water partition coefficient (Wildman–Crippen LogP) is 3.11. The maximum Gasteiger partial charge on any atom is 0.267 e. The number of hydrogen-bond acceptors (Lipinski definition) is 6. The molecule has 2 aromatic rings. The number of nitrogen functional groups attached to an aromatic ring is 1. The quantitative estimate of drug-likeness (QED) is 0.829. The van der Waals surface area contributed by atoms with Gasteiger partial charge in [-0.2, -0.15) is 5.26 Å². The third-order valence-corrected chi connectivity index (χ3v) is 5.70. The number of aliphatic hydroxyl groups excluding tert-OH is 1. The van der Waals surface area contributed by atoms with Gasteiger partial charge in [0, 0.05) is 12.0 Å². The number of fused-ring (bicyclic) bond motifs is 1. The van der Waals surface area contributed by atoms with Crippen LogP contribution in [0.2, 0.25) is 0 Å². The molecule has 2 aromatic heterocycles. The van der Waals surface area contributed by atoms with E-state index in [-0.39, 0.29) is 34.1 Å². The van der Waals surface area contributed by atoms with Crippen molar-refractivity contribution in [2.75, 3.05) is 18.9 Å². The lowest BCUT2D eigenvalue weighted by Gasteiger charge is -2.41.